The number of benzene rings is 1. The fourth-order valence-corrected chi connectivity index (χ4v) is 2.41. The Morgan fingerprint density at radius 1 is 1.23 bits per heavy atom. The predicted octanol–water partition coefficient (Wildman–Crippen LogP) is 0.650. The Morgan fingerprint density at radius 3 is 2.55 bits per heavy atom. The lowest BCUT2D eigenvalue weighted by molar-refractivity contribution is -0.129. The number of anilines is 1. The molecule has 1 aliphatic heterocycles. The van der Waals surface area contributed by atoms with Crippen LogP contribution in [0.4, 0.5) is 5.69 Å². The van der Waals surface area contributed by atoms with Crippen LogP contribution in [0.2, 0.25) is 0 Å². The molecule has 0 aromatic heterocycles. The molecule has 2 rings (SSSR count). The van der Waals surface area contributed by atoms with E-state index in [-0.39, 0.29) is 12.5 Å². The molecular weight excluding hydrogens is 278 g/mol. The number of guanidine groups is 1. The van der Waals surface area contributed by atoms with Crippen LogP contribution >= 0.6 is 0 Å². The third-order valence-corrected chi connectivity index (χ3v) is 3.69. The number of aliphatic imine (C=N–C) groups is 1. The van der Waals surface area contributed by atoms with Crippen LogP contribution in [-0.4, -0.2) is 56.0 Å². The fraction of sp³-hybridized carbons (Fsp3) is 0.500. The van der Waals surface area contributed by atoms with Crippen LogP contribution in [0.25, 0.3) is 0 Å². The van der Waals surface area contributed by atoms with Crippen LogP contribution in [0.1, 0.15) is 13.3 Å². The van der Waals surface area contributed by atoms with Crippen LogP contribution in [0.5, 0.6) is 0 Å². The van der Waals surface area contributed by atoms with Gasteiger partial charge in [0.15, 0.2) is 5.96 Å². The van der Waals surface area contributed by atoms with E-state index in [1.807, 2.05) is 23.1 Å². The minimum absolute atomic E-state index is 0.0361. The van der Waals surface area contributed by atoms with Crippen molar-refractivity contribution in [1.82, 2.24) is 10.2 Å². The van der Waals surface area contributed by atoms with Crippen LogP contribution in [-0.2, 0) is 4.79 Å². The van der Waals surface area contributed by atoms with E-state index in [1.54, 1.807) is 0 Å². The van der Waals surface area contributed by atoms with Gasteiger partial charge in [-0.2, -0.15) is 0 Å². The van der Waals surface area contributed by atoms with E-state index in [0.29, 0.717) is 5.96 Å². The normalized spacial score (nSPS) is 15.8. The van der Waals surface area contributed by atoms with Gasteiger partial charge in [-0.05, 0) is 18.6 Å². The smallest absolute Gasteiger partial charge is 0.244 e. The van der Waals surface area contributed by atoms with Gasteiger partial charge in [-0.3, -0.25) is 4.79 Å². The van der Waals surface area contributed by atoms with Crippen LogP contribution in [0.3, 0.4) is 0 Å². The fourth-order valence-electron chi connectivity index (χ4n) is 2.41. The molecule has 0 saturated carbocycles. The molecule has 1 fully saturated rings. The van der Waals surface area contributed by atoms with Gasteiger partial charge in [0.05, 0.1) is 0 Å². The Labute approximate surface area is 132 Å². The summed E-state index contributed by atoms with van der Waals surface area (Å²) < 4.78 is 0. The maximum atomic E-state index is 12.1. The number of para-hydroxylation sites is 1. The summed E-state index contributed by atoms with van der Waals surface area (Å²) in [5.74, 6) is 0.382. The quantitative estimate of drug-likeness (QED) is 0.619. The van der Waals surface area contributed by atoms with Crippen molar-refractivity contribution in [1.29, 1.82) is 0 Å². The van der Waals surface area contributed by atoms with Crippen molar-refractivity contribution < 1.29 is 4.79 Å². The van der Waals surface area contributed by atoms with Gasteiger partial charge < -0.3 is 20.9 Å². The molecule has 6 heteroatoms. The number of nitrogens with one attached hydrogen (secondary N) is 1. The zero-order valence-electron chi connectivity index (χ0n) is 13.2. The van der Waals surface area contributed by atoms with Crippen molar-refractivity contribution in [3.05, 3.63) is 30.3 Å². The first-order valence-corrected chi connectivity index (χ1v) is 7.82. The molecule has 0 atom stereocenters. The molecule has 0 spiro atoms. The third-order valence-electron chi connectivity index (χ3n) is 3.69. The average Bonchev–Trinajstić information content (AvgIpc) is 2.58. The largest absolute Gasteiger partial charge is 0.370 e. The standard InChI is InChI=1S/C16H25N5O/c1-2-8-18-16(17)19-13-15(22)21-11-9-20(10-12-21)14-6-4-3-5-7-14/h3-7H,2,8-13H2,1H3,(H3,17,18,19). The van der Waals surface area contributed by atoms with Crippen molar-refractivity contribution in [3.8, 4) is 0 Å². The summed E-state index contributed by atoms with van der Waals surface area (Å²) in [4.78, 5) is 20.4. The van der Waals surface area contributed by atoms with Gasteiger partial charge in [-0.1, -0.05) is 25.1 Å². The second kappa shape index (κ2) is 8.26. The molecule has 0 radical (unpaired) electrons. The molecule has 0 unspecified atom stereocenters. The number of amides is 1. The lowest BCUT2D eigenvalue weighted by atomic mass is 10.2. The highest BCUT2D eigenvalue weighted by Crippen LogP contribution is 2.15. The minimum atomic E-state index is 0.0361. The Morgan fingerprint density at radius 2 is 1.91 bits per heavy atom. The van der Waals surface area contributed by atoms with E-state index in [4.69, 9.17) is 5.73 Å². The zero-order chi connectivity index (χ0) is 15.8. The molecule has 1 saturated heterocycles. The van der Waals surface area contributed by atoms with Gasteiger partial charge in [-0.15, -0.1) is 0 Å². The summed E-state index contributed by atoms with van der Waals surface area (Å²) in [6.07, 6.45) is 0.978. The number of hydrogen-bond donors (Lipinski definition) is 2. The lowest BCUT2D eigenvalue weighted by Crippen LogP contribution is -2.49. The van der Waals surface area contributed by atoms with Crippen molar-refractivity contribution >= 4 is 17.6 Å². The first-order chi connectivity index (χ1) is 10.7. The maximum absolute atomic E-state index is 12.1. The topological polar surface area (TPSA) is 74.0 Å². The van der Waals surface area contributed by atoms with Crippen molar-refractivity contribution in [2.24, 2.45) is 10.7 Å². The Balaban J connectivity index is 1.78. The van der Waals surface area contributed by atoms with Crippen LogP contribution < -0.4 is 16.0 Å². The second-order valence-electron chi connectivity index (χ2n) is 5.33. The lowest BCUT2D eigenvalue weighted by Gasteiger charge is -2.35. The molecule has 1 amide bonds. The molecule has 1 heterocycles. The van der Waals surface area contributed by atoms with E-state index in [1.165, 1.54) is 5.69 Å². The molecule has 0 aliphatic carbocycles. The molecule has 1 aliphatic rings. The number of nitrogens with zero attached hydrogens (tertiary/aromatic N) is 3. The summed E-state index contributed by atoms with van der Waals surface area (Å²) >= 11 is 0. The number of rotatable bonds is 5. The summed E-state index contributed by atoms with van der Waals surface area (Å²) in [6.45, 7) is 6.11. The highest BCUT2D eigenvalue weighted by atomic mass is 16.2. The molecule has 0 bridgehead atoms. The Hall–Kier alpha value is -2.24. The van der Waals surface area contributed by atoms with Crippen molar-refractivity contribution in [3.63, 3.8) is 0 Å². The summed E-state index contributed by atoms with van der Waals surface area (Å²) in [5.41, 5.74) is 6.90. The van der Waals surface area contributed by atoms with Gasteiger partial charge in [-0.25, -0.2) is 4.99 Å². The van der Waals surface area contributed by atoms with Crippen molar-refractivity contribution in [2.45, 2.75) is 13.3 Å². The molecule has 1 aromatic carbocycles. The van der Waals surface area contributed by atoms with E-state index in [2.05, 4.69) is 34.3 Å². The monoisotopic (exact) mass is 303 g/mol. The highest BCUT2D eigenvalue weighted by Gasteiger charge is 2.20. The third kappa shape index (κ3) is 4.65. The summed E-state index contributed by atoms with van der Waals surface area (Å²) in [7, 11) is 0. The van der Waals surface area contributed by atoms with Gasteiger partial charge in [0.1, 0.15) is 6.54 Å². The van der Waals surface area contributed by atoms with E-state index >= 15 is 0 Å². The number of piperazine rings is 1. The number of hydrogen-bond acceptors (Lipinski definition) is 3. The highest BCUT2D eigenvalue weighted by molar-refractivity contribution is 5.84. The van der Waals surface area contributed by atoms with Gasteiger partial charge >= 0.3 is 0 Å². The van der Waals surface area contributed by atoms with Gasteiger partial charge in [0.2, 0.25) is 5.91 Å². The Bertz CT molecular complexity index is 495. The van der Waals surface area contributed by atoms with E-state index in [0.717, 1.165) is 39.1 Å². The second-order valence-corrected chi connectivity index (χ2v) is 5.33. The molecule has 6 nitrogen and oxygen atoms in total. The van der Waals surface area contributed by atoms with E-state index in [9.17, 15) is 4.79 Å². The van der Waals surface area contributed by atoms with Crippen molar-refractivity contribution in [2.75, 3.05) is 44.2 Å². The van der Waals surface area contributed by atoms with E-state index < -0.39 is 0 Å². The van der Waals surface area contributed by atoms with Crippen LogP contribution in [0, 0.1) is 0 Å². The average molecular weight is 303 g/mol. The van der Waals surface area contributed by atoms with Crippen LogP contribution in [0.15, 0.2) is 35.3 Å². The number of carbonyl (C=O) groups excluding carboxylic acids is 1. The summed E-state index contributed by atoms with van der Waals surface area (Å²) in [5, 5.41) is 2.97. The molecule has 22 heavy (non-hydrogen) atoms. The predicted molar refractivity (Wildman–Crippen MR) is 90.0 cm³/mol. The molecule has 3 N–H and O–H groups in total. The molecule has 120 valence electrons. The Kier molecular flexibility index (Phi) is 6.06. The number of nitrogens with two attached hydrogens (primary N) is 1. The first kappa shape index (κ1) is 16.1. The summed E-state index contributed by atoms with van der Waals surface area (Å²) in [6, 6.07) is 10.3. The zero-order valence-corrected chi connectivity index (χ0v) is 13.2. The van der Waals surface area contributed by atoms with Gasteiger partial charge in [0.25, 0.3) is 0 Å². The molecule has 1 aromatic rings. The minimum Gasteiger partial charge on any atom is -0.370 e. The number of carbonyl (C=O) groups is 1. The maximum Gasteiger partial charge on any atom is 0.244 e. The van der Waals surface area contributed by atoms with Gasteiger partial charge in [0, 0.05) is 38.4 Å². The molecular formula is C16H25N5O. The first-order valence-electron chi connectivity index (χ1n) is 7.82. The SMILES string of the molecule is CCCNC(N)=NCC(=O)N1CCN(c2ccccc2)CC1.